The Morgan fingerprint density at radius 1 is 1.50 bits per heavy atom. The van der Waals surface area contributed by atoms with Gasteiger partial charge in [0, 0.05) is 20.2 Å². The summed E-state index contributed by atoms with van der Waals surface area (Å²) < 4.78 is 31.4. The summed E-state index contributed by atoms with van der Waals surface area (Å²) in [6, 6.07) is 5.36. The molecule has 1 atom stereocenters. The SMILES string of the molecule is CN(CC1CCCO1)S(=O)(=O)c1cccc(C(=O)O)c1. The average molecular weight is 299 g/mol. The summed E-state index contributed by atoms with van der Waals surface area (Å²) in [4.78, 5) is 10.9. The minimum atomic E-state index is -3.69. The summed E-state index contributed by atoms with van der Waals surface area (Å²) >= 11 is 0. The van der Waals surface area contributed by atoms with Gasteiger partial charge in [-0.25, -0.2) is 13.2 Å². The molecule has 1 aromatic carbocycles. The Morgan fingerprint density at radius 3 is 2.85 bits per heavy atom. The third-order valence-corrected chi connectivity index (χ3v) is 5.09. The Morgan fingerprint density at radius 2 is 2.25 bits per heavy atom. The number of carboxylic acid groups (broad SMARTS) is 1. The number of likely N-dealkylation sites (N-methyl/N-ethyl adjacent to an activating group) is 1. The lowest BCUT2D eigenvalue weighted by molar-refractivity contribution is 0.0696. The van der Waals surface area contributed by atoms with Crippen molar-refractivity contribution in [1.29, 1.82) is 0 Å². The fourth-order valence-corrected chi connectivity index (χ4v) is 3.39. The predicted molar refractivity (Wildman–Crippen MR) is 72.2 cm³/mol. The molecule has 0 bridgehead atoms. The third-order valence-electron chi connectivity index (χ3n) is 3.27. The number of ether oxygens (including phenoxy) is 1. The lowest BCUT2D eigenvalue weighted by Crippen LogP contribution is -2.34. The smallest absolute Gasteiger partial charge is 0.335 e. The van der Waals surface area contributed by atoms with Crippen molar-refractivity contribution in [1.82, 2.24) is 4.31 Å². The molecule has 0 radical (unpaired) electrons. The summed E-state index contributed by atoms with van der Waals surface area (Å²) in [7, 11) is -2.22. The van der Waals surface area contributed by atoms with E-state index in [-0.39, 0.29) is 23.1 Å². The Bertz CT molecular complexity index is 593. The number of hydrogen-bond donors (Lipinski definition) is 1. The van der Waals surface area contributed by atoms with E-state index in [0.29, 0.717) is 6.61 Å². The molecule has 1 aliphatic rings. The van der Waals surface area contributed by atoms with Crippen LogP contribution in [0.25, 0.3) is 0 Å². The molecule has 1 N–H and O–H groups in total. The number of benzene rings is 1. The van der Waals surface area contributed by atoms with Crippen molar-refractivity contribution in [3.05, 3.63) is 29.8 Å². The van der Waals surface area contributed by atoms with E-state index in [4.69, 9.17) is 9.84 Å². The van der Waals surface area contributed by atoms with Crippen molar-refractivity contribution in [3.8, 4) is 0 Å². The molecule has 0 amide bonds. The van der Waals surface area contributed by atoms with Gasteiger partial charge in [-0.2, -0.15) is 4.31 Å². The first kappa shape index (κ1) is 15.0. The standard InChI is InChI=1S/C13H17NO5S/c1-14(9-11-5-3-7-19-11)20(17,18)12-6-2-4-10(8-12)13(15)16/h2,4,6,8,11H,3,5,7,9H2,1H3,(H,15,16). The number of rotatable bonds is 5. The van der Waals surface area contributed by atoms with Gasteiger partial charge in [-0.05, 0) is 31.0 Å². The van der Waals surface area contributed by atoms with Gasteiger partial charge >= 0.3 is 5.97 Å². The van der Waals surface area contributed by atoms with Crippen molar-refractivity contribution in [2.45, 2.75) is 23.8 Å². The maximum absolute atomic E-state index is 12.4. The summed E-state index contributed by atoms with van der Waals surface area (Å²) in [5, 5.41) is 8.91. The highest BCUT2D eigenvalue weighted by Crippen LogP contribution is 2.19. The van der Waals surface area contributed by atoms with E-state index in [1.54, 1.807) is 0 Å². The van der Waals surface area contributed by atoms with E-state index in [9.17, 15) is 13.2 Å². The van der Waals surface area contributed by atoms with Gasteiger partial charge in [0.15, 0.2) is 0 Å². The van der Waals surface area contributed by atoms with Crippen LogP contribution in [0.1, 0.15) is 23.2 Å². The van der Waals surface area contributed by atoms with Crippen molar-refractivity contribution >= 4 is 16.0 Å². The highest BCUT2D eigenvalue weighted by Gasteiger charge is 2.26. The lowest BCUT2D eigenvalue weighted by atomic mass is 10.2. The second kappa shape index (κ2) is 5.90. The van der Waals surface area contributed by atoms with E-state index >= 15 is 0 Å². The second-order valence-corrected chi connectivity index (χ2v) is 6.80. The van der Waals surface area contributed by atoms with Gasteiger partial charge in [0.05, 0.1) is 16.6 Å². The molecule has 1 aromatic rings. The first-order valence-corrected chi connectivity index (χ1v) is 7.76. The van der Waals surface area contributed by atoms with Crippen LogP contribution in [-0.4, -0.2) is 50.1 Å². The zero-order chi connectivity index (χ0) is 14.8. The van der Waals surface area contributed by atoms with Crippen molar-refractivity contribution in [2.75, 3.05) is 20.2 Å². The van der Waals surface area contributed by atoms with Gasteiger partial charge in [-0.1, -0.05) is 6.07 Å². The lowest BCUT2D eigenvalue weighted by Gasteiger charge is -2.20. The maximum atomic E-state index is 12.4. The van der Waals surface area contributed by atoms with Gasteiger partial charge in [0.2, 0.25) is 10.0 Å². The van der Waals surface area contributed by atoms with Crippen LogP contribution < -0.4 is 0 Å². The van der Waals surface area contributed by atoms with Gasteiger partial charge < -0.3 is 9.84 Å². The zero-order valence-electron chi connectivity index (χ0n) is 11.2. The molecule has 0 aliphatic carbocycles. The number of sulfonamides is 1. The molecule has 0 spiro atoms. The van der Waals surface area contributed by atoms with Crippen LogP contribution in [0, 0.1) is 0 Å². The van der Waals surface area contributed by atoms with Crippen LogP contribution in [0.2, 0.25) is 0 Å². The second-order valence-electron chi connectivity index (χ2n) is 4.75. The molecule has 1 heterocycles. The van der Waals surface area contributed by atoms with E-state index in [1.807, 2.05) is 0 Å². The van der Waals surface area contributed by atoms with Gasteiger partial charge in [-0.15, -0.1) is 0 Å². The maximum Gasteiger partial charge on any atom is 0.335 e. The van der Waals surface area contributed by atoms with Crippen LogP contribution in [0.3, 0.4) is 0 Å². The number of nitrogens with zero attached hydrogens (tertiary/aromatic N) is 1. The molecule has 1 aliphatic heterocycles. The van der Waals surface area contributed by atoms with Crippen molar-refractivity contribution in [2.24, 2.45) is 0 Å². The Hall–Kier alpha value is -1.44. The van der Waals surface area contributed by atoms with E-state index in [1.165, 1.54) is 35.6 Å². The number of hydrogen-bond acceptors (Lipinski definition) is 4. The number of aromatic carboxylic acids is 1. The van der Waals surface area contributed by atoms with Crippen molar-refractivity contribution < 1.29 is 23.1 Å². The van der Waals surface area contributed by atoms with E-state index < -0.39 is 16.0 Å². The molecule has 1 unspecified atom stereocenters. The minimum Gasteiger partial charge on any atom is -0.478 e. The molecule has 1 fully saturated rings. The zero-order valence-corrected chi connectivity index (χ0v) is 12.0. The molecule has 0 aromatic heterocycles. The van der Waals surface area contributed by atoms with Crippen LogP contribution in [0.4, 0.5) is 0 Å². The largest absolute Gasteiger partial charge is 0.478 e. The topological polar surface area (TPSA) is 83.9 Å². The highest BCUT2D eigenvalue weighted by atomic mass is 32.2. The van der Waals surface area contributed by atoms with Crippen LogP contribution in [-0.2, 0) is 14.8 Å². The Kier molecular flexibility index (Phi) is 4.42. The Labute approximate surface area is 118 Å². The molecule has 110 valence electrons. The normalized spacial score (nSPS) is 19.4. The molecular formula is C13H17NO5S. The molecular weight excluding hydrogens is 282 g/mol. The quantitative estimate of drug-likeness (QED) is 0.882. The fraction of sp³-hybridized carbons (Fsp3) is 0.462. The molecule has 20 heavy (non-hydrogen) atoms. The highest BCUT2D eigenvalue weighted by molar-refractivity contribution is 7.89. The number of carbonyl (C=O) groups is 1. The molecule has 2 rings (SSSR count). The summed E-state index contributed by atoms with van der Waals surface area (Å²) in [5.74, 6) is -1.15. The number of carboxylic acids is 1. The molecule has 1 saturated heterocycles. The predicted octanol–water partition coefficient (Wildman–Crippen LogP) is 1.18. The van der Waals surface area contributed by atoms with Crippen LogP contribution in [0.5, 0.6) is 0 Å². The first-order chi connectivity index (χ1) is 9.41. The minimum absolute atomic E-state index is 0.0158. The Balaban J connectivity index is 2.20. The van der Waals surface area contributed by atoms with Gasteiger partial charge in [0.1, 0.15) is 0 Å². The molecule has 6 nitrogen and oxygen atoms in total. The first-order valence-electron chi connectivity index (χ1n) is 6.32. The third kappa shape index (κ3) is 3.17. The summed E-state index contributed by atoms with van der Waals surface area (Å²) in [5.41, 5.74) is -0.0448. The van der Waals surface area contributed by atoms with E-state index in [0.717, 1.165) is 12.8 Å². The fourth-order valence-electron chi connectivity index (χ4n) is 2.14. The van der Waals surface area contributed by atoms with Crippen LogP contribution >= 0.6 is 0 Å². The summed E-state index contributed by atoms with van der Waals surface area (Å²) in [6.45, 7) is 0.937. The van der Waals surface area contributed by atoms with Gasteiger partial charge in [-0.3, -0.25) is 0 Å². The van der Waals surface area contributed by atoms with Crippen molar-refractivity contribution in [3.63, 3.8) is 0 Å². The average Bonchev–Trinajstić information content (AvgIpc) is 2.91. The van der Waals surface area contributed by atoms with Gasteiger partial charge in [0.25, 0.3) is 0 Å². The summed E-state index contributed by atoms with van der Waals surface area (Å²) in [6.07, 6.45) is 1.69. The van der Waals surface area contributed by atoms with E-state index in [2.05, 4.69) is 0 Å². The molecule has 0 saturated carbocycles. The van der Waals surface area contributed by atoms with Crippen LogP contribution in [0.15, 0.2) is 29.2 Å². The monoisotopic (exact) mass is 299 g/mol. The molecule has 7 heteroatoms.